The normalized spacial score (nSPS) is 20.3. The van der Waals surface area contributed by atoms with Crippen molar-refractivity contribution in [2.24, 2.45) is 0 Å². The first-order chi connectivity index (χ1) is 13.3. The Morgan fingerprint density at radius 1 is 1.32 bits per heavy atom. The Morgan fingerprint density at radius 2 is 2.11 bits per heavy atom. The summed E-state index contributed by atoms with van der Waals surface area (Å²) in [5.41, 5.74) is 6.80. The molecule has 150 valence electrons. The van der Waals surface area contributed by atoms with Crippen molar-refractivity contribution < 1.29 is 22.3 Å². The third-order valence-corrected chi connectivity index (χ3v) is 4.77. The van der Waals surface area contributed by atoms with Crippen LogP contribution in [-0.2, 0) is 0 Å². The monoisotopic (exact) mass is 398 g/mol. The number of alkyl halides is 4. The van der Waals surface area contributed by atoms with Crippen molar-refractivity contribution >= 4 is 22.5 Å². The second kappa shape index (κ2) is 6.73. The number of hydrogen-bond acceptors (Lipinski definition) is 6. The van der Waals surface area contributed by atoms with Gasteiger partial charge in [-0.3, -0.25) is 4.90 Å². The van der Waals surface area contributed by atoms with E-state index in [1.165, 1.54) is 11.6 Å². The standard InChI is InChI=1S/C17H18F4N6O/c1-28-11-4-2-3-10-13(11)23-16(22)27-15(10)24-14(25-27)9-5-17(20,21)8-26(6-9)7-12(18)19/h2-4,9,12H,5-8H2,1H3,(H2,22,23). The number of halogens is 4. The summed E-state index contributed by atoms with van der Waals surface area (Å²) in [6.45, 7) is -1.40. The van der Waals surface area contributed by atoms with E-state index in [1.807, 2.05) is 0 Å². The fraction of sp³-hybridized carbons (Fsp3) is 0.471. The van der Waals surface area contributed by atoms with Crippen molar-refractivity contribution in [2.45, 2.75) is 24.7 Å². The van der Waals surface area contributed by atoms with Crippen molar-refractivity contribution in [1.29, 1.82) is 0 Å². The Labute approximate surface area is 157 Å². The zero-order chi connectivity index (χ0) is 20.1. The smallest absolute Gasteiger partial charge is 0.261 e. The van der Waals surface area contributed by atoms with Gasteiger partial charge in [-0.2, -0.15) is 4.52 Å². The number of piperidine rings is 1. The number of hydrogen-bond donors (Lipinski definition) is 1. The van der Waals surface area contributed by atoms with Gasteiger partial charge in [-0.1, -0.05) is 6.07 Å². The van der Waals surface area contributed by atoms with Gasteiger partial charge >= 0.3 is 0 Å². The number of benzene rings is 1. The van der Waals surface area contributed by atoms with Gasteiger partial charge in [0.15, 0.2) is 11.5 Å². The summed E-state index contributed by atoms with van der Waals surface area (Å²) < 4.78 is 60.2. The molecule has 3 heterocycles. The molecule has 3 aromatic rings. The number of fused-ring (bicyclic) bond motifs is 3. The van der Waals surface area contributed by atoms with Crippen molar-refractivity contribution in [3.8, 4) is 5.75 Å². The first kappa shape index (κ1) is 18.7. The lowest BCUT2D eigenvalue weighted by Crippen LogP contribution is -2.47. The largest absolute Gasteiger partial charge is 0.494 e. The molecular formula is C17H18F4N6O. The summed E-state index contributed by atoms with van der Waals surface area (Å²) in [6, 6.07) is 5.20. The second-order valence-electron chi connectivity index (χ2n) is 6.87. The van der Waals surface area contributed by atoms with Crippen LogP contribution in [0.1, 0.15) is 18.2 Å². The van der Waals surface area contributed by atoms with Crippen molar-refractivity contribution in [3.05, 3.63) is 24.0 Å². The lowest BCUT2D eigenvalue weighted by atomic mass is 9.94. The maximum Gasteiger partial charge on any atom is 0.261 e. The highest BCUT2D eigenvalue weighted by molar-refractivity contribution is 5.95. The minimum atomic E-state index is -3.11. The van der Waals surface area contributed by atoms with Crippen LogP contribution in [0.15, 0.2) is 18.2 Å². The van der Waals surface area contributed by atoms with E-state index in [1.54, 1.807) is 18.2 Å². The molecule has 0 amide bonds. The number of aromatic nitrogens is 4. The minimum absolute atomic E-state index is 0.0192. The van der Waals surface area contributed by atoms with E-state index >= 15 is 0 Å². The summed E-state index contributed by atoms with van der Waals surface area (Å²) in [4.78, 5) is 9.73. The number of methoxy groups -OCH3 is 1. The van der Waals surface area contributed by atoms with Crippen molar-refractivity contribution in [1.82, 2.24) is 24.5 Å². The van der Waals surface area contributed by atoms with Gasteiger partial charge in [0.2, 0.25) is 5.95 Å². The molecule has 1 atom stereocenters. The van der Waals surface area contributed by atoms with Crippen LogP contribution >= 0.6 is 0 Å². The number of likely N-dealkylation sites (tertiary alicyclic amines) is 1. The molecule has 4 rings (SSSR count). The third kappa shape index (κ3) is 3.30. The van der Waals surface area contributed by atoms with Crippen molar-refractivity contribution in [3.63, 3.8) is 0 Å². The van der Waals surface area contributed by atoms with E-state index in [9.17, 15) is 17.6 Å². The highest BCUT2D eigenvalue weighted by Crippen LogP contribution is 2.36. The average Bonchev–Trinajstić information content (AvgIpc) is 3.06. The Balaban J connectivity index is 1.79. The van der Waals surface area contributed by atoms with E-state index in [-0.39, 0.29) is 18.3 Å². The third-order valence-electron chi connectivity index (χ3n) is 4.77. The summed E-state index contributed by atoms with van der Waals surface area (Å²) in [6.07, 6.45) is -3.21. The molecule has 7 nitrogen and oxygen atoms in total. The molecule has 2 aromatic heterocycles. The number of nitrogens with two attached hydrogens (primary N) is 1. The van der Waals surface area contributed by atoms with Gasteiger partial charge in [0.25, 0.3) is 12.3 Å². The summed E-state index contributed by atoms with van der Waals surface area (Å²) >= 11 is 0. The van der Waals surface area contributed by atoms with Gasteiger partial charge in [-0.15, -0.1) is 5.10 Å². The maximum absolute atomic E-state index is 14.1. The number of ether oxygens (including phenoxy) is 1. The number of nitrogen functional groups attached to an aromatic ring is 1. The van der Waals surface area contributed by atoms with Crippen LogP contribution < -0.4 is 10.5 Å². The molecule has 1 fully saturated rings. The van der Waals surface area contributed by atoms with Crippen LogP contribution in [0.25, 0.3) is 16.6 Å². The van der Waals surface area contributed by atoms with Gasteiger partial charge in [0.05, 0.1) is 20.2 Å². The molecule has 1 aliphatic heterocycles. The molecule has 1 aromatic carbocycles. The molecule has 0 aliphatic carbocycles. The zero-order valence-corrected chi connectivity index (χ0v) is 14.9. The van der Waals surface area contributed by atoms with Crippen LogP contribution in [0.2, 0.25) is 0 Å². The van der Waals surface area contributed by atoms with Gasteiger partial charge in [0.1, 0.15) is 11.3 Å². The molecular weight excluding hydrogens is 380 g/mol. The number of nitrogens with zero attached hydrogens (tertiary/aromatic N) is 5. The average molecular weight is 398 g/mol. The quantitative estimate of drug-likeness (QED) is 0.681. The first-order valence-corrected chi connectivity index (χ1v) is 8.64. The van der Waals surface area contributed by atoms with Gasteiger partial charge in [-0.25, -0.2) is 27.5 Å². The first-order valence-electron chi connectivity index (χ1n) is 8.64. The Hall–Kier alpha value is -2.69. The predicted molar refractivity (Wildman–Crippen MR) is 94.0 cm³/mol. The Bertz CT molecular complexity index is 1020. The summed E-state index contributed by atoms with van der Waals surface area (Å²) in [7, 11) is 1.49. The zero-order valence-electron chi connectivity index (χ0n) is 14.9. The molecule has 0 radical (unpaired) electrons. The van der Waals surface area contributed by atoms with Crippen LogP contribution in [0.5, 0.6) is 5.75 Å². The molecule has 0 saturated carbocycles. The number of rotatable bonds is 4. The summed E-state index contributed by atoms with van der Waals surface area (Å²) in [5.74, 6) is -3.27. The highest BCUT2D eigenvalue weighted by atomic mass is 19.3. The van der Waals surface area contributed by atoms with E-state index in [0.29, 0.717) is 22.3 Å². The number of anilines is 1. The van der Waals surface area contributed by atoms with Gasteiger partial charge in [-0.05, 0) is 12.1 Å². The van der Waals surface area contributed by atoms with E-state index in [2.05, 4.69) is 15.1 Å². The van der Waals surface area contributed by atoms with Gasteiger partial charge < -0.3 is 10.5 Å². The van der Waals surface area contributed by atoms with Crippen LogP contribution in [0.4, 0.5) is 23.5 Å². The van der Waals surface area contributed by atoms with E-state index in [4.69, 9.17) is 10.5 Å². The van der Waals surface area contributed by atoms with Crippen LogP contribution in [0, 0.1) is 0 Å². The molecule has 28 heavy (non-hydrogen) atoms. The second-order valence-corrected chi connectivity index (χ2v) is 6.87. The topological polar surface area (TPSA) is 81.6 Å². The SMILES string of the molecule is COc1cccc2c1nc(N)n1nc(C3CN(CC(F)F)CC(F)(F)C3)nc21. The minimum Gasteiger partial charge on any atom is -0.494 e. The molecule has 1 aliphatic rings. The van der Waals surface area contributed by atoms with Gasteiger partial charge in [0, 0.05) is 24.3 Å². The lowest BCUT2D eigenvalue weighted by Gasteiger charge is -2.36. The Kier molecular flexibility index (Phi) is 4.48. The predicted octanol–water partition coefficient (Wildman–Crippen LogP) is 2.56. The Morgan fingerprint density at radius 3 is 2.82 bits per heavy atom. The van der Waals surface area contributed by atoms with Crippen LogP contribution in [-0.4, -0.2) is 63.6 Å². The van der Waals surface area contributed by atoms with Crippen LogP contribution in [0.3, 0.4) is 0 Å². The molecule has 0 bridgehead atoms. The lowest BCUT2D eigenvalue weighted by molar-refractivity contribution is -0.0825. The molecule has 1 unspecified atom stereocenters. The molecule has 1 saturated heterocycles. The molecule has 11 heteroatoms. The van der Waals surface area contributed by atoms with Crippen molar-refractivity contribution in [2.75, 3.05) is 32.5 Å². The fourth-order valence-corrected chi connectivity index (χ4v) is 3.68. The molecule has 0 spiro atoms. The number of para-hydroxylation sites is 1. The van der Waals surface area contributed by atoms with E-state index < -0.39 is 37.8 Å². The highest BCUT2D eigenvalue weighted by Gasteiger charge is 2.42. The summed E-state index contributed by atoms with van der Waals surface area (Å²) in [5, 5.41) is 4.85. The van der Waals surface area contributed by atoms with E-state index in [0.717, 1.165) is 4.90 Å². The maximum atomic E-state index is 14.1. The fourth-order valence-electron chi connectivity index (χ4n) is 3.68. The molecule has 2 N–H and O–H groups in total.